The maximum atomic E-state index is 5.45. The molecule has 19 heavy (non-hydrogen) atoms. The van der Waals surface area contributed by atoms with Gasteiger partial charge in [-0.15, -0.1) is 0 Å². The van der Waals surface area contributed by atoms with Crippen molar-refractivity contribution < 1.29 is 9.47 Å². The van der Waals surface area contributed by atoms with Gasteiger partial charge in [-0.2, -0.15) is 0 Å². The minimum Gasteiger partial charge on any atom is -0.495 e. The molecule has 1 heterocycles. The lowest BCUT2D eigenvalue weighted by molar-refractivity contribution is 0.0557. The fourth-order valence-corrected chi connectivity index (χ4v) is 3.14. The Labute approximate surface area is 123 Å². The van der Waals surface area contributed by atoms with Crippen LogP contribution < -0.4 is 10.1 Å². The van der Waals surface area contributed by atoms with Crippen molar-refractivity contribution in [2.75, 3.05) is 20.3 Å². The molecule has 0 unspecified atom stereocenters. The first-order valence-electron chi connectivity index (χ1n) is 6.85. The Kier molecular flexibility index (Phi) is 5.67. The molecule has 0 saturated carbocycles. The lowest BCUT2D eigenvalue weighted by Crippen LogP contribution is -2.36. The summed E-state index contributed by atoms with van der Waals surface area (Å²) < 4.78 is 11.9. The van der Waals surface area contributed by atoms with Gasteiger partial charge in [-0.3, -0.25) is 0 Å². The van der Waals surface area contributed by atoms with Gasteiger partial charge in [0.25, 0.3) is 0 Å². The molecule has 1 aromatic carbocycles. The molecule has 0 aliphatic carbocycles. The molecule has 1 aromatic rings. The van der Waals surface area contributed by atoms with Gasteiger partial charge < -0.3 is 14.8 Å². The maximum Gasteiger partial charge on any atom is 0.137 e. The first kappa shape index (κ1) is 14.8. The van der Waals surface area contributed by atoms with Gasteiger partial charge in [-0.25, -0.2) is 0 Å². The molecule has 4 heteroatoms. The second kappa shape index (κ2) is 7.27. The largest absolute Gasteiger partial charge is 0.495 e. The van der Waals surface area contributed by atoms with Gasteiger partial charge in [0, 0.05) is 31.4 Å². The highest BCUT2D eigenvalue weighted by molar-refractivity contribution is 9.10. The molecule has 106 valence electrons. The van der Waals surface area contributed by atoms with Crippen LogP contribution in [0.4, 0.5) is 0 Å². The topological polar surface area (TPSA) is 30.5 Å². The van der Waals surface area contributed by atoms with Crippen LogP contribution in [0.15, 0.2) is 22.7 Å². The molecular weight excluding hydrogens is 306 g/mol. The predicted molar refractivity (Wildman–Crippen MR) is 80.5 cm³/mol. The molecule has 3 nitrogen and oxygen atoms in total. The van der Waals surface area contributed by atoms with Crippen LogP contribution in [0.3, 0.4) is 0 Å². The molecule has 0 aromatic heterocycles. The van der Waals surface area contributed by atoms with Gasteiger partial charge in [0.2, 0.25) is 0 Å². The zero-order chi connectivity index (χ0) is 13.7. The molecule has 1 N–H and O–H groups in total. The monoisotopic (exact) mass is 327 g/mol. The van der Waals surface area contributed by atoms with Crippen molar-refractivity contribution in [3.8, 4) is 5.75 Å². The summed E-state index contributed by atoms with van der Waals surface area (Å²) >= 11 is 3.52. The first-order valence-corrected chi connectivity index (χ1v) is 7.64. The summed E-state index contributed by atoms with van der Waals surface area (Å²) in [5.41, 5.74) is 1.19. The van der Waals surface area contributed by atoms with Gasteiger partial charge in [0.05, 0.1) is 11.6 Å². The molecule has 0 spiro atoms. The highest BCUT2D eigenvalue weighted by atomic mass is 79.9. The van der Waals surface area contributed by atoms with Gasteiger partial charge in [-0.1, -0.05) is 12.1 Å². The van der Waals surface area contributed by atoms with E-state index in [1.165, 1.54) is 5.56 Å². The summed E-state index contributed by atoms with van der Waals surface area (Å²) in [6.45, 7) is 4.90. The fraction of sp³-hybridized carbons (Fsp3) is 0.600. The lowest BCUT2D eigenvalue weighted by Gasteiger charge is -2.28. The highest BCUT2D eigenvalue weighted by Crippen LogP contribution is 2.29. The minimum atomic E-state index is 0.507. The third-order valence-electron chi connectivity index (χ3n) is 3.84. The highest BCUT2D eigenvalue weighted by Gasteiger charge is 2.20. The van der Waals surface area contributed by atoms with Crippen LogP contribution in [-0.4, -0.2) is 26.4 Å². The standard InChI is InChI=1S/C15H22BrNO2/c1-11(12-6-8-19-9-7-12)17-10-13-4-3-5-14(16)15(13)18-2/h3-5,11-12,17H,6-10H2,1-2H3/t11-/m0/s1. The summed E-state index contributed by atoms with van der Waals surface area (Å²) in [6.07, 6.45) is 2.31. The van der Waals surface area contributed by atoms with Crippen molar-refractivity contribution in [1.29, 1.82) is 0 Å². The van der Waals surface area contributed by atoms with E-state index in [2.05, 4.69) is 34.2 Å². The van der Waals surface area contributed by atoms with Crippen molar-refractivity contribution >= 4 is 15.9 Å². The van der Waals surface area contributed by atoms with Gasteiger partial charge >= 0.3 is 0 Å². The van der Waals surface area contributed by atoms with E-state index in [-0.39, 0.29) is 0 Å². The summed E-state index contributed by atoms with van der Waals surface area (Å²) in [6, 6.07) is 6.66. The second-order valence-corrected chi connectivity index (χ2v) is 5.91. The summed E-state index contributed by atoms with van der Waals surface area (Å²) in [5, 5.41) is 3.61. The predicted octanol–water partition coefficient (Wildman–Crippen LogP) is 3.36. The van der Waals surface area contributed by atoms with Crippen LogP contribution in [0, 0.1) is 5.92 Å². The third-order valence-corrected chi connectivity index (χ3v) is 4.46. The van der Waals surface area contributed by atoms with Crippen molar-refractivity contribution in [2.24, 2.45) is 5.92 Å². The van der Waals surface area contributed by atoms with Crippen LogP contribution >= 0.6 is 15.9 Å². The molecule has 2 rings (SSSR count). The summed E-state index contributed by atoms with van der Waals surface area (Å²) in [7, 11) is 1.71. The number of ether oxygens (including phenoxy) is 2. The molecule has 0 radical (unpaired) electrons. The number of methoxy groups -OCH3 is 1. The normalized spacial score (nSPS) is 18.3. The Bertz CT molecular complexity index is 405. The number of hydrogen-bond donors (Lipinski definition) is 1. The third kappa shape index (κ3) is 3.94. The van der Waals surface area contributed by atoms with Gasteiger partial charge in [-0.05, 0) is 47.7 Å². The van der Waals surface area contributed by atoms with Crippen molar-refractivity contribution in [1.82, 2.24) is 5.32 Å². The van der Waals surface area contributed by atoms with Crippen molar-refractivity contribution in [3.05, 3.63) is 28.2 Å². The summed E-state index contributed by atoms with van der Waals surface area (Å²) in [4.78, 5) is 0. The smallest absolute Gasteiger partial charge is 0.137 e. The number of rotatable bonds is 5. The molecule has 1 saturated heterocycles. The fourth-order valence-electron chi connectivity index (χ4n) is 2.57. The van der Waals surface area contributed by atoms with E-state index in [9.17, 15) is 0 Å². The molecule has 0 amide bonds. The average molecular weight is 328 g/mol. The SMILES string of the molecule is COc1c(Br)cccc1CN[C@@H](C)C1CCOCC1. The van der Waals surface area contributed by atoms with Crippen LogP contribution in [0.2, 0.25) is 0 Å². The zero-order valence-corrected chi connectivity index (χ0v) is 13.2. The molecule has 1 fully saturated rings. The van der Waals surface area contributed by atoms with Crippen LogP contribution in [0.25, 0.3) is 0 Å². The average Bonchev–Trinajstić information content (AvgIpc) is 2.45. The molecule has 1 atom stereocenters. The first-order chi connectivity index (χ1) is 9.22. The van der Waals surface area contributed by atoms with Crippen LogP contribution in [-0.2, 0) is 11.3 Å². The Morgan fingerprint density at radius 2 is 2.16 bits per heavy atom. The number of halogens is 1. The number of para-hydroxylation sites is 1. The Balaban J connectivity index is 1.92. The number of nitrogens with one attached hydrogen (secondary N) is 1. The maximum absolute atomic E-state index is 5.45. The van der Waals surface area contributed by atoms with Crippen LogP contribution in [0.1, 0.15) is 25.3 Å². The minimum absolute atomic E-state index is 0.507. The molecule has 0 bridgehead atoms. The second-order valence-electron chi connectivity index (χ2n) is 5.05. The van der Waals surface area contributed by atoms with E-state index in [4.69, 9.17) is 9.47 Å². The van der Waals surface area contributed by atoms with Gasteiger partial charge in [0.15, 0.2) is 0 Å². The van der Waals surface area contributed by atoms with E-state index in [0.29, 0.717) is 12.0 Å². The van der Waals surface area contributed by atoms with E-state index < -0.39 is 0 Å². The number of benzene rings is 1. The lowest BCUT2D eigenvalue weighted by atomic mass is 9.93. The van der Waals surface area contributed by atoms with Gasteiger partial charge in [0.1, 0.15) is 5.75 Å². The van der Waals surface area contributed by atoms with Crippen molar-refractivity contribution in [3.63, 3.8) is 0 Å². The number of hydrogen-bond acceptors (Lipinski definition) is 3. The van der Waals surface area contributed by atoms with E-state index in [0.717, 1.165) is 42.8 Å². The van der Waals surface area contributed by atoms with Crippen LogP contribution in [0.5, 0.6) is 5.75 Å². The van der Waals surface area contributed by atoms with E-state index in [1.54, 1.807) is 7.11 Å². The summed E-state index contributed by atoms with van der Waals surface area (Å²) in [5.74, 6) is 1.64. The van der Waals surface area contributed by atoms with E-state index in [1.807, 2.05) is 12.1 Å². The quantitative estimate of drug-likeness (QED) is 0.899. The zero-order valence-electron chi connectivity index (χ0n) is 11.6. The molecular formula is C15H22BrNO2. The molecule has 1 aliphatic heterocycles. The Morgan fingerprint density at radius 1 is 1.42 bits per heavy atom. The molecule has 1 aliphatic rings. The van der Waals surface area contributed by atoms with Crippen molar-refractivity contribution in [2.45, 2.75) is 32.4 Å². The Hall–Kier alpha value is -0.580. The van der Waals surface area contributed by atoms with E-state index >= 15 is 0 Å². The Morgan fingerprint density at radius 3 is 2.84 bits per heavy atom.